The maximum Gasteiger partial charge on any atom is 0.107 e. The summed E-state index contributed by atoms with van der Waals surface area (Å²) in [7, 11) is 0. The third kappa shape index (κ3) is 3.64. The van der Waals surface area contributed by atoms with E-state index < -0.39 is 18.3 Å². The van der Waals surface area contributed by atoms with Crippen molar-refractivity contribution in [3.63, 3.8) is 0 Å². The molecule has 6 N–H and O–H groups in total. The maximum absolute atomic E-state index is 9.03. The first-order valence-corrected chi connectivity index (χ1v) is 3.48. The lowest BCUT2D eigenvalue weighted by atomic mass is 10.1. The van der Waals surface area contributed by atoms with Gasteiger partial charge < -0.3 is 26.2 Å². The SMILES string of the molecule is NCC(O)C(O)C(O)CCO. The zero-order valence-electron chi connectivity index (χ0n) is 6.22. The van der Waals surface area contributed by atoms with Crippen LogP contribution in [0.25, 0.3) is 0 Å². The highest BCUT2D eigenvalue weighted by molar-refractivity contribution is 4.75. The van der Waals surface area contributed by atoms with Gasteiger partial charge in [-0.05, 0) is 6.42 Å². The lowest BCUT2D eigenvalue weighted by Crippen LogP contribution is -2.41. The zero-order chi connectivity index (χ0) is 8.85. The number of rotatable bonds is 5. The van der Waals surface area contributed by atoms with E-state index in [0.29, 0.717) is 0 Å². The van der Waals surface area contributed by atoms with Crippen LogP contribution in [-0.4, -0.2) is 51.9 Å². The number of aliphatic hydroxyl groups is 4. The van der Waals surface area contributed by atoms with Gasteiger partial charge in [-0.1, -0.05) is 0 Å². The van der Waals surface area contributed by atoms with Gasteiger partial charge in [0.05, 0.1) is 12.2 Å². The first-order valence-electron chi connectivity index (χ1n) is 3.48. The highest BCUT2D eigenvalue weighted by Crippen LogP contribution is 2.02. The van der Waals surface area contributed by atoms with Crippen LogP contribution in [-0.2, 0) is 0 Å². The lowest BCUT2D eigenvalue weighted by molar-refractivity contribution is -0.0617. The van der Waals surface area contributed by atoms with Crippen molar-refractivity contribution in [2.24, 2.45) is 5.73 Å². The van der Waals surface area contributed by atoms with Crippen LogP contribution in [0.2, 0.25) is 0 Å². The number of hydrogen-bond donors (Lipinski definition) is 5. The molecule has 0 spiro atoms. The Morgan fingerprint density at radius 1 is 1.09 bits per heavy atom. The van der Waals surface area contributed by atoms with Gasteiger partial charge in [0.1, 0.15) is 6.10 Å². The average Bonchev–Trinajstić information content (AvgIpc) is 2.02. The first-order chi connectivity index (χ1) is 5.13. The molecule has 0 aliphatic rings. The van der Waals surface area contributed by atoms with E-state index in [1.54, 1.807) is 0 Å². The van der Waals surface area contributed by atoms with Gasteiger partial charge in [0.25, 0.3) is 0 Å². The van der Waals surface area contributed by atoms with Gasteiger partial charge in [0.15, 0.2) is 0 Å². The fraction of sp³-hybridized carbons (Fsp3) is 1.00. The van der Waals surface area contributed by atoms with Gasteiger partial charge in [0, 0.05) is 13.2 Å². The molecule has 0 amide bonds. The van der Waals surface area contributed by atoms with E-state index in [4.69, 9.17) is 26.2 Å². The second kappa shape index (κ2) is 5.45. The second-order valence-corrected chi connectivity index (χ2v) is 2.37. The Balaban J connectivity index is 3.70. The van der Waals surface area contributed by atoms with E-state index in [2.05, 4.69) is 0 Å². The first kappa shape index (κ1) is 10.8. The Labute approximate surface area is 65.1 Å². The highest BCUT2D eigenvalue weighted by Gasteiger charge is 2.22. The predicted molar refractivity (Wildman–Crippen MR) is 38.8 cm³/mol. The van der Waals surface area contributed by atoms with Crippen LogP contribution in [0.3, 0.4) is 0 Å². The minimum Gasteiger partial charge on any atom is -0.396 e. The third-order valence-electron chi connectivity index (χ3n) is 1.45. The highest BCUT2D eigenvalue weighted by atomic mass is 16.4. The molecule has 3 unspecified atom stereocenters. The van der Waals surface area contributed by atoms with Crippen molar-refractivity contribution in [1.82, 2.24) is 0 Å². The predicted octanol–water partition coefficient (Wildman–Crippen LogP) is -2.59. The smallest absolute Gasteiger partial charge is 0.107 e. The van der Waals surface area contributed by atoms with E-state index >= 15 is 0 Å². The molecule has 0 aromatic carbocycles. The molecule has 3 atom stereocenters. The fourth-order valence-corrected chi connectivity index (χ4v) is 0.699. The second-order valence-electron chi connectivity index (χ2n) is 2.37. The largest absolute Gasteiger partial charge is 0.396 e. The number of nitrogens with two attached hydrogens (primary N) is 1. The molecule has 0 radical (unpaired) electrons. The maximum atomic E-state index is 9.03. The monoisotopic (exact) mass is 165 g/mol. The molecule has 0 saturated carbocycles. The minimum atomic E-state index is -1.27. The summed E-state index contributed by atoms with van der Waals surface area (Å²) in [5.74, 6) is 0. The molecule has 0 aliphatic heterocycles. The Bertz CT molecular complexity index is 101. The van der Waals surface area contributed by atoms with Gasteiger partial charge >= 0.3 is 0 Å². The van der Waals surface area contributed by atoms with Gasteiger partial charge in [-0.2, -0.15) is 0 Å². The van der Waals surface area contributed by atoms with Crippen LogP contribution < -0.4 is 5.73 Å². The molecule has 0 aromatic heterocycles. The molecule has 0 aromatic rings. The molecule has 68 valence electrons. The molecule has 5 heteroatoms. The Kier molecular flexibility index (Phi) is 5.35. The van der Waals surface area contributed by atoms with Crippen LogP contribution in [0.15, 0.2) is 0 Å². The summed E-state index contributed by atoms with van der Waals surface area (Å²) in [5, 5.41) is 35.3. The van der Waals surface area contributed by atoms with Gasteiger partial charge in [0.2, 0.25) is 0 Å². The van der Waals surface area contributed by atoms with Crippen LogP contribution in [0, 0.1) is 0 Å². The third-order valence-corrected chi connectivity index (χ3v) is 1.45. The van der Waals surface area contributed by atoms with Gasteiger partial charge in [-0.25, -0.2) is 0 Å². The van der Waals surface area contributed by atoms with E-state index in [1.165, 1.54) is 0 Å². The van der Waals surface area contributed by atoms with Crippen LogP contribution in [0.1, 0.15) is 6.42 Å². The van der Waals surface area contributed by atoms with Crippen molar-refractivity contribution >= 4 is 0 Å². The van der Waals surface area contributed by atoms with Crippen molar-refractivity contribution in [2.75, 3.05) is 13.2 Å². The van der Waals surface area contributed by atoms with E-state index in [-0.39, 0.29) is 19.6 Å². The van der Waals surface area contributed by atoms with Gasteiger partial charge in [-0.15, -0.1) is 0 Å². The van der Waals surface area contributed by atoms with Gasteiger partial charge in [-0.3, -0.25) is 0 Å². The summed E-state index contributed by atoms with van der Waals surface area (Å²) in [6.07, 6.45) is -3.47. The summed E-state index contributed by atoms with van der Waals surface area (Å²) < 4.78 is 0. The van der Waals surface area contributed by atoms with Crippen LogP contribution >= 0.6 is 0 Å². The van der Waals surface area contributed by atoms with E-state index in [1.807, 2.05) is 0 Å². The molecular formula is C6H15NO4. The summed E-state index contributed by atoms with van der Waals surface area (Å²) in [5.41, 5.74) is 5.02. The molecule has 0 rings (SSSR count). The summed E-state index contributed by atoms with van der Waals surface area (Å²) in [6, 6.07) is 0. The topological polar surface area (TPSA) is 107 Å². The van der Waals surface area contributed by atoms with Crippen molar-refractivity contribution in [3.8, 4) is 0 Å². The molecule has 0 saturated heterocycles. The molecule has 0 bridgehead atoms. The number of aliphatic hydroxyl groups excluding tert-OH is 4. The summed E-state index contributed by atoms with van der Waals surface area (Å²) >= 11 is 0. The molecule has 11 heavy (non-hydrogen) atoms. The minimum absolute atomic E-state index is 0.0399. The molecule has 0 aliphatic carbocycles. The number of hydrogen-bond acceptors (Lipinski definition) is 5. The van der Waals surface area contributed by atoms with Crippen molar-refractivity contribution in [1.29, 1.82) is 0 Å². The summed E-state index contributed by atoms with van der Waals surface area (Å²) in [6.45, 7) is -0.334. The fourth-order valence-electron chi connectivity index (χ4n) is 0.699. The van der Waals surface area contributed by atoms with Crippen molar-refractivity contribution in [2.45, 2.75) is 24.7 Å². The normalized spacial score (nSPS) is 19.4. The Morgan fingerprint density at radius 2 is 1.64 bits per heavy atom. The molecule has 0 heterocycles. The average molecular weight is 165 g/mol. The van der Waals surface area contributed by atoms with Crippen LogP contribution in [0.5, 0.6) is 0 Å². The standard InChI is InChI=1S/C6H15NO4/c7-3-5(10)6(11)4(9)1-2-8/h4-6,8-11H,1-3,7H2. The van der Waals surface area contributed by atoms with Crippen molar-refractivity contribution < 1.29 is 20.4 Å². The Morgan fingerprint density at radius 3 is 2.00 bits per heavy atom. The van der Waals surface area contributed by atoms with Crippen molar-refractivity contribution in [3.05, 3.63) is 0 Å². The zero-order valence-corrected chi connectivity index (χ0v) is 6.22. The molecule has 5 nitrogen and oxygen atoms in total. The van der Waals surface area contributed by atoms with E-state index in [0.717, 1.165) is 0 Å². The molecule has 0 fully saturated rings. The van der Waals surface area contributed by atoms with Crippen LogP contribution in [0.4, 0.5) is 0 Å². The lowest BCUT2D eigenvalue weighted by Gasteiger charge is -2.20. The quantitative estimate of drug-likeness (QED) is 0.307. The Hall–Kier alpha value is -0.200. The molecular weight excluding hydrogens is 150 g/mol. The summed E-state index contributed by atoms with van der Waals surface area (Å²) in [4.78, 5) is 0. The van der Waals surface area contributed by atoms with E-state index in [9.17, 15) is 0 Å².